The molecule has 2 rings (SSSR count). The second-order valence-corrected chi connectivity index (χ2v) is 5.29. The third kappa shape index (κ3) is 2.47. The summed E-state index contributed by atoms with van der Waals surface area (Å²) in [5, 5.41) is 3.36. The highest BCUT2D eigenvalue weighted by Crippen LogP contribution is 2.38. The van der Waals surface area contributed by atoms with Gasteiger partial charge < -0.3 is 10.1 Å². The van der Waals surface area contributed by atoms with Crippen molar-refractivity contribution in [3.63, 3.8) is 0 Å². The third-order valence-corrected chi connectivity index (χ3v) is 3.83. The van der Waals surface area contributed by atoms with Crippen molar-refractivity contribution in [3.8, 4) is 5.75 Å². The van der Waals surface area contributed by atoms with Crippen LogP contribution in [0.1, 0.15) is 36.4 Å². The van der Waals surface area contributed by atoms with Crippen molar-refractivity contribution in [2.75, 3.05) is 13.7 Å². The fraction of sp³-hybridized carbons (Fsp3) is 0.538. The lowest BCUT2D eigenvalue weighted by Crippen LogP contribution is -2.28. The second kappa shape index (κ2) is 5.36. The zero-order valence-corrected chi connectivity index (χ0v) is 11.7. The summed E-state index contributed by atoms with van der Waals surface area (Å²) in [6, 6.07) is 1.83. The fourth-order valence-corrected chi connectivity index (χ4v) is 3.00. The topological polar surface area (TPSA) is 21.3 Å². The second-order valence-electron chi connectivity index (χ2n) is 4.44. The summed E-state index contributed by atoms with van der Waals surface area (Å²) >= 11 is 3.27. The Bertz CT molecular complexity index is 416. The normalized spacial score (nSPS) is 20.4. The van der Waals surface area contributed by atoms with Crippen LogP contribution in [0.2, 0.25) is 0 Å². The van der Waals surface area contributed by atoms with Crippen LogP contribution >= 0.6 is 15.9 Å². The summed E-state index contributed by atoms with van der Waals surface area (Å²) in [4.78, 5) is 0. The van der Waals surface area contributed by atoms with Gasteiger partial charge in [-0.3, -0.25) is 0 Å². The van der Waals surface area contributed by atoms with E-state index >= 15 is 0 Å². The number of rotatable bonds is 2. The van der Waals surface area contributed by atoms with E-state index in [1.54, 1.807) is 13.2 Å². The van der Waals surface area contributed by atoms with Crippen LogP contribution in [0.3, 0.4) is 0 Å². The van der Waals surface area contributed by atoms with Crippen molar-refractivity contribution in [1.82, 2.24) is 5.32 Å². The Kier molecular flexibility index (Phi) is 4.05. The number of aryl methyl sites for hydroxylation is 1. The average molecular weight is 302 g/mol. The monoisotopic (exact) mass is 301 g/mol. The molecule has 0 spiro atoms. The molecule has 0 saturated carbocycles. The van der Waals surface area contributed by atoms with Crippen LogP contribution in [0, 0.1) is 12.7 Å². The van der Waals surface area contributed by atoms with Crippen LogP contribution in [0.25, 0.3) is 0 Å². The molecule has 1 N–H and O–H groups in total. The van der Waals surface area contributed by atoms with Crippen molar-refractivity contribution in [2.45, 2.75) is 32.2 Å². The van der Waals surface area contributed by atoms with E-state index < -0.39 is 0 Å². The highest BCUT2D eigenvalue weighted by atomic mass is 79.9. The largest absolute Gasteiger partial charge is 0.496 e. The maximum Gasteiger partial charge on any atom is 0.145 e. The lowest BCUT2D eigenvalue weighted by molar-refractivity contribution is 0.359. The Balaban J connectivity index is 2.48. The number of hydrogen-bond donors (Lipinski definition) is 1. The molecule has 1 heterocycles. The maximum absolute atomic E-state index is 14.2. The predicted octanol–water partition coefficient (Wildman–Crippen LogP) is 3.72. The number of piperidine rings is 1. The Morgan fingerprint density at radius 2 is 2.24 bits per heavy atom. The molecule has 1 aromatic rings. The lowest BCUT2D eigenvalue weighted by Gasteiger charge is -2.26. The first-order chi connectivity index (χ1) is 8.15. The minimum absolute atomic E-state index is 0.0647. The molecule has 1 unspecified atom stereocenters. The highest BCUT2D eigenvalue weighted by molar-refractivity contribution is 9.10. The van der Waals surface area contributed by atoms with E-state index in [2.05, 4.69) is 21.2 Å². The Morgan fingerprint density at radius 1 is 1.47 bits per heavy atom. The molecule has 0 radical (unpaired) electrons. The summed E-state index contributed by atoms with van der Waals surface area (Å²) in [5.74, 6) is 0.469. The maximum atomic E-state index is 14.2. The predicted molar refractivity (Wildman–Crippen MR) is 70.0 cm³/mol. The van der Waals surface area contributed by atoms with Gasteiger partial charge in [0, 0.05) is 11.6 Å². The molecule has 0 bridgehead atoms. The summed E-state index contributed by atoms with van der Waals surface area (Å²) in [6.45, 7) is 2.88. The summed E-state index contributed by atoms with van der Waals surface area (Å²) < 4.78 is 20.1. The van der Waals surface area contributed by atoms with E-state index in [9.17, 15) is 4.39 Å². The zero-order valence-electron chi connectivity index (χ0n) is 10.1. The van der Waals surface area contributed by atoms with Gasteiger partial charge in [-0.15, -0.1) is 0 Å². The van der Waals surface area contributed by atoms with Gasteiger partial charge in [0.25, 0.3) is 0 Å². The van der Waals surface area contributed by atoms with Crippen LogP contribution in [-0.2, 0) is 0 Å². The summed E-state index contributed by atoms with van der Waals surface area (Å²) in [6.07, 6.45) is 3.25. The molecule has 0 aromatic heterocycles. The Morgan fingerprint density at radius 3 is 2.82 bits per heavy atom. The standard InChI is InChI=1S/C13H17BrFNO/c1-8-7-9(14)12(15)11(13(8)17-2)10-5-3-4-6-16-10/h7,10,16H,3-6H2,1-2H3. The smallest absolute Gasteiger partial charge is 0.145 e. The Labute approximate surface area is 110 Å². The zero-order chi connectivity index (χ0) is 12.4. The average Bonchev–Trinajstić information content (AvgIpc) is 2.34. The van der Waals surface area contributed by atoms with Crippen LogP contribution in [0.5, 0.6) is 5.75 Å². The fourth-order valence-electron chi connectivity index (χ4n) is 2.44. The van der Waals surface area contributed by atoms with Gasteiger partial charge >= 0.3 is 0 Å². The molecule has 2 nitrogen and oxygen atoms in total. The molecule has 4 heteroatoms. The number of hydrogen-bond acceptors (Lipinski definition) is 2. The van der Waals surface area contributed by atoms with Crippen molar-refractivity contribution < 1.29 is 9.13 Å². The minimum Gasteiger partial charge on any atom is -0.496 e. The van der Waals surface area contributed by atoms with Gasteiger partial charge in [-0.05, 0) is 53.9 Å². The van der Waals surface area contributed by atoms with Gasteiger partial charge in [-0.2, -0.15) is 0 Å². The molecule has 1 aromatic carbocycles. The molecule has 94 valence electrons. The van der Waals surface area contributed by atoms with E-state index in [4.69, 9.17) is 4.74 Å². The summed E-state index contributed by atoms with van der Waals surface area (Å²) in [7, 11) is 1.60. The van der Waals surface area contributed by atoms with Crippen molar-refractivity contribution >= 4 is 15.9 Å². The molecular weight excluding hydrogens is 285 g/mol. The first kappa shape index (κ1) is 12.8. The molecule has 1 aliphatic heterocycles. The van der Waals surface area contributed by atoms with E-state index in [0.717, 1.165) is 31.4 Å². The summed E-state index contributed by atoms with van der Waals surface area (Å²) in [5.41, 5.74) is 1.63. The van der Waals surface area contributed by atoms with Gasteiger partial charge in [-0.25, -0.2) is 4.39 Å². The number of halogens is 2. The van der Waals surface area contributed by atoms with Crippen LogP contribution in [-0.4, -0.2) is 13.7 Å². The highest BCUT2D eigenvalue weighted by Gasteiger charge is 2.25. The van der Waals surface area contributed by atoms with Crippen molar-refractivity contribution in [2.24, 2.45) is 0 Å². The number of benzene rings is 1. The van der Waals surface area contributed by atoms with Gasteiger partial charge in [0.2, 0.25) is 0 Å². The van der Waals surface area contributed by atoms with Crippen LogP contribution in [0.15, 0.2) is 10.5 Å². The SMILES string of the molecule is COc1c(C)cc(Br)c(F)c1C1CCCCN1. The molecule has 1 atom stereocenters. The number of nitrogens with one attached hydrogen (secondary N) is 1. The molecule has 1 saturated heterocycles. The molecule has 1 fully saturated rings. The van der Waals surface area contributed by atoms with Gasteiger partial charge in [0.15, 0.2) is 0 Å². The van der Waals surface area contributed by atoms with Gasteiger partial charge in [0.05, 0.1) is 11.6 Å². The molecule has 0 aliphatic carbocycles. The van der Waals surface area contributed by atoms with E-state index in [1.165, 1.54) is 0 Å². The molecular formula is C13H17BrFNO. The molecule has 17 heavy (non-hydrogen) atoms. The molecule has 0 amide bonds. The quantitative estimate of drug-likeness (QED) is 0.899. The van der Waals surface area contributed by atoms with Crippen LogP contribution < -0.4 is 10.1 Å². The van der Waals surface area contributed by atoms with Crippen molar-refractivity contribution in [3.05, 3.63) is 27.5 Å². The number of methoxy groups -OCH3 is 1. The first-order valence-electron chi connectivity index (χ1n) is 5.91. The molecule has 1 aliphatic rings. The van der Waals surface area contributed by atoms with E-state index in [0.29, 0.717) is 15.8 Å². The number of ether oxygens (including phenoxy) is 1. The van der Waals surface area contributed by atoms with Crippen LogP contribution in [0.4, 0.5) is 4.39 Å². The van der Waals surface area contributed by atoms with Gasteiger partial charge in [-0.1, -0.05) is 6.42 Å². The minimum atomic E-state index is -0.202. The Hall–Kier alpha value is -0.610. The van der Waals surface area contributed by atoms with E-state index in [1.807, 2.05) is 6.92 Å². The van der Waals surface area contributed by atoms with Gasteiger partial charge in [0.1, 0.15) is 11.6 Å². The third-order valence-electron chi connectivity index (χ3n) is 3.26. The lowest BCUT2D eigenvalue weighted by atomic mass is 9.94. The first-order valence-corrected chi connectivity index (χ1v) is 6.70. The van der Waals surface area contributed by atoms with Crippen molar-refractivity contribution in [1.29, 1.82) is 0 Å². The van der Waals surface area contributed by atoms with E-state index in [-0.39, 0.29) is 11.9 Å².